The highest BCUT2D eigenvalue weighted by molar-refractivity contribution is 8.01. The number of aromatic nitrogens is 2. The van der Waals surface area contributed by atoms with Gasteiger partial charge in [0.25, 0.3) is 5.91 Å². The van der Waals surface area contributed by atoms with Crippen LogP contribution < -0.4 is 5.32 Å². The van der Waals surface area contributed by atoms with Crippen LogP contribution in [-0.2, 0) is 0 Å². The van der Waals surface area contributed by atoms with Crippen LogP contribution in [0.15, 0.2) is 65.0 Å². The number of amides is 1. The molecule has 0 aliphatic carbocycles. The Kier molecular flexibility index (Phi) is 5.92. The minimum Gasteiger partial charge on any atom is -0.296 e. The number of hydrogen-bond acceptors (Lipinski definition) is 5. The molecule has 0 atom stereocenters. The van der Waals surface area contributed by atoms with Gasteiger partial charge in [0.15, 0.2) is 4.34 Å². The van der Waals surface area contributed by atoms with Crippen LogP contribution in [0.3, 0.4) is 0 Å². The Labute approximate surface area is 152 Å². The Morgan fingerprint density at radius 1 is 1.12 bits per heavy atom. The highest BCUT2D eigenvalue weighted by atomic mass is 32.2. The van der Waals surface area contributed by atoms with Gasteiger partial charge in [-0.25, -0.2) is 4.39 Å². The average molecular weight is 371 g/mol. The Balaban J connectivity index is 1.51. The number of nitrogens with one attached hydrogen (secondary N) is 1. The summed E-state index contributed by atoms with van der Waals surface area (Å²) < 4.78 is 13.6. The minimum absolute atomic E-state index is 0.336. The van der Waals surface area contributed by atoms with Gasteiger partial charge in [-0.15, -0.1) is 10.2 Å². The molecule has 1 heterocycles. The molecular formula is C18H14FN3OS2. The van der Waals surface area contributed by atoms with Crippen molar-refractivity contribution in [1.29, 1.82) is 0 Å². The number of benzene rings is 2. The summed E-state index contributed by atoms with van der Waals surface area (Å²) in [7, 11) is 0. The summed E-state index contributed by atoms with van der Waals surface area (Å²) in [6.07, 6.45) is 4.10. The van der Waals surface area contributed by atoms with Crippen molar-refractivity contribution in [3.8, 4) is 0 Å². The van der Waals surface area contributed by atoms with Gasteiger partial charge in [-0.1, -0.05) is 65.6 Å². The third-order valence-corrected chi connectivity index (χ3v) is 5.07. The van der Waals surface area contributed by atoms with Gasteiger partial charge in [-0.3, -0.25) is 10.1 Å². The van der Waals surface area contributed by atoms with Crippen molar-refractivity contribution in [1.82, 2.24) is 10.2 Å². The van der Waals surface area contributed by atoms with E-state index in [1.807, 2.05) is 36.4 Å². The molecule has 4 nitrogen and oxygen atoms in total. The van der Waals surface area contributed by atoms with Crippen LogP contribution >= 0.6 is 23.1 Å². The smallest absolute Gasteiger partial charge is 0.257 e. The monoisotopic (exact) mass is 371 g/mol. The van der Waals surface area contributed by atoms with Crippen molar-refractivity contribution in [3.05, 3.63) is 77.6 Å². The summed E-state index contributed by atoms with van der Waals surface area (Å²) in [5, 5.41) is 11.1. The van der Waals surface area contributed by atoms with Crippen LogP contribution in [0.1, 0.15) is 15.9 Å². The Bertz CT molecular complexity index is 864. The number of hydrogen-bond donors (Lipinski definition) is 1. The van der Waals surface area contributed by atoms with Crippen molar-refractivity contribution >= 4 is 40.2 Å². The molecule has 0 saturated carbocycles. The molecule has 2 aromatic carbocycles. The summed E-state index contributed by atoms with van der Waals surface area (Å²) in [5.74, 6) is 0.0430. The average Bonchev–Trinajstić information content (AvgIpc) is 3.07. The van der Waals surface area contributed by atoms with Crippen LogP contribution in [0.5, 0.6) is 0 Å². The number of carbonyl (C=O) groups excluding carboxylic acids is 1. The van der Waals surface area contributed by atoms with Crippen molar-refractivity contribution < 1.29 is 9.18 Å². The van der Waals surface area contributed by atoms with E-state index in [4.69, 9.17) is 0 Å². The van der Waals surface area contributed by atoms with E-state index < -0.39 is 0 Å². The lowest BCUT2D eigenvalue weighted by Gasteiger charge is -2.00. The van der Waals surface area contributed by atoms with E-state index >= 15 is 0 Å². The van der Waals surface area contributed by atoms with Gasteiger partial charge in [0, 0.05) is 11.3 Å². The van der Waals surface area contributed by atoms with Crippen molar-refractivity contribution in [2.75, 3.05) is 11.1 Å². The molecule has 3 rings (SSSR count). The lowest BCUT2D eigenvalue weighted by Crippen LogP contribution is -2.11. The summed E-state index contributed by atoms with van der Waals surface area (Å²) in [6.45, 7) is 0. The first kappa shape index (κ1) is 17.3. The number of rotatable bonds is 6. The third-order valence-electron chi connectivity index (χ3n) is 3.15. The van der Waals surface area contributed by atoms with E-state index in [1.165, 1.54) is 35.6 Å². The predicted molar refractivity (Wildman–Crippen MR) is 100 cm³/mol. The van der Waals surface area contributed by atoms with E-state index in [0.717, 1.165) is 15.7 Å². The van der Waals surface area contributed by atoms with E-state index in [9.17, 15) is 9.18 Å². The Morgan fingerprint density at radius 3 is 2.64 bits per heavy atom. The lowest BCUT2D eigenvalue weighted by atomic mass is 10.2. The third kappa shape index (κ3) is 5.23. The number of anilines is 1. The van der Waals surface area contributed by atoms with Gasteiger partial charge >= 0.3 is 0 Å². The molecule has 0 fully saturated rings. The zero-order valence-corrected chi connectivity index (χ0v) is 14.7. The standard InChI is InChI=1S/C18H14FN3OS2/c19-15-10-8-14(9-11-15)16(23)20-17-21-22-18(25-17)24-12-4-7-13-5-2-1-3-6-13/h1-11H,12H2,(H,20,21,23)/b7-4+. The van der Waals surface area contributed by atoms with E-state index in [2.05, 4.69) is 21.6 Å². The van der Waals surface area contributed by atoms with Crippen LogP contribution in [0, 0.1) is 5.82 Å². The number of halogens is 1. The molecular weight excluding hydrogens is 357 g/mol. The first-order valence-corrected chi connectivity index (χ1v) is 9.26. The fourth-order valence-electron chi connectivity index (χ4n) is 1.96. The maximum Gasteiger partial charge on any atom is 0.257 e. The molecule has 7 heteroatoms. The van der Waals surface area contributed by atoms with Crippen LogP contribution in [0.4, 0.5) is 9.52 Å². The lowest BCUT2D eigenvalue weighted by molar-refractivity contribution is 0.102. The van der Waals surface area contributed by atoms with Crippen molar-refractivity contribution in [3.63, 3.8) is 0 Å². The van der Waals surface area contributed by atoms with Crippen LogP contribution in [0.2, 0.25) is 0 Å². The molecule has 126 valence electrons. The molecule has 1 N–H and O–H groups in total. The largest absolute Gasteiger partial charge is 0.296 e. The molecule has 1 aromatic heterocycles. The quantitative estimate of drug-likeness (QED) is 0.502. The van der Waals surface area contributed by atoms with Gasteiger partial charge in [-0.05, 0) is 29.8 Å². The predicted octanol–water partition coefficient (Wildman–Crippen LogP) is 4.74. The van der Waals surface area contributed by atoms with Gasteiger partial charge in [0.2, 0.25) is 5.13 Å². The normalized spacial score (nSPS) is 10.9. The maximum absolute atomic E-state index is 12.9. The molecule has 1 amide bonds. The second-order valence-corrected chi connectivity index (χ2v) is 7.20. The first-order valence-electron chi connectivity index (χ1n) is 7.45. The summed E-state index contributed by atoms with van der Waals surface area (Å²) in [4.78, 5) is 12.0. The summed E-state index contributed by atoms with van der Waals surface area (Å²) >= 11 is 2.85. The maximum atomic E-state index is 12.9. The van der Waals surface area contributed by atoms with E-state index in [1.54, 1.807) is 11.8 Å². The van der Waals surface area contributed by atoms with Gasteiger partial charge < -0.3 is 0 Å². The number of carbonyl (C=O) groups is 1. The minimum atomic E-state index is -0.380. The zero-order chi connectivity index (χ0) is 17.5. The molecule has 0 unspecified atom stereocenters. The molecule has 0 saturated heterocycles. The van der Waals surface area contributed by atoms with Gasteiger partial charge in [0.05, 0.1) is 0 Å². The fraction of sp³-hybridized carbons (Fsp3) is 0.0556. The number of nitrogens with zero attached hydrogens (tertiary/aromatic N) is 2. The van der Waals surface area contributed by atoms with Gasteiger partial charge in [0.1, 0.15) is 5.82 Å². The first-order chi connectivity index (χ1) is 12.2. The second kappa shape index (κ2) is 8.55. The topological polar surface area (TPSA) is 54.9 Å². The molecule has 0 aliphatic heterocycles. The van der Waals surface area contributed by atoms with Crippen molar-refractivity contribution in [2.24, 2.45) is 0 Å². The van der Waals surface area contributed by atoms with E-state index in [0.29, 0.717) is 10.7 Å². The Hall–Kier alpha value is -2.51. The highest BCUT2D eigenvalue weighted by Crippen LogP contribution is 2.26. The highest BCUT2D eigenvalue weighted by Gasteiger charge is 2.10. The van der Waals surface area contributed by atoms with Crippen LogP contribution in [-0.4, -0.2) is 21.9 Å². The second-order valence-electron chi connectivity index (χ2n) is 4.96. The van der Waals surface area contributed by atoms with Gasteiger partial charge in [-0.2, -0.15) is 0 Å². The molecule has 3 aromatic rings. The molecule has 25 heavy (non-hydrogen) atoms. The van der Waals surface area contributed by atoms with Crippen LogP contribution in [0.25, 0.3) is 6.08 Å². The molecule has 0 radical (unpaired) electrons. The fourth-order valence-corrected chi connectivity index (χ4v) is 3.54. The Morgan fingerprint density at radius 2 is 1.88 bits per heavy atom. The zero-order valence-electron chi connectivity index (χ0n) is 13.1. The van der Waals surface area contributed by atoms with Crippen molar-refractivity contribution in [2.45, 2.75) is 4.34 Å². The van der Waals surface area contributed by atoms with E-state index in [-0.39, 0.29) is 11.7 Å². The molecule has 0 aliphatic rings. The number of thioether (sulfide) groups is 1. The summed E-state index contributed by atoms with van der Waals surface area (Å²) in [5.41, 5.74) is 1.52. The SMILES string of the molecule is O=C(Nc1nnc(SC/C=C/c2ccccc2)s1)c1ccc(F)cc1. The summed E-state index contributed by atoms with van der Waals surface area (Å²) in [6, 6.07) is 15.4. The molecule has 0 spiro atoms. The molecule has 0 bridgehead atoms.